The van der Waals surface area contributed by atoms with Crippen molar-refractivity contribution < 1.29 is 14.3 Å². The first-order chi connectivity index (χ1) is 14.8. The number of rotatable bonds is 7. The molecule has 2 aromatic carbocycles. The van der Waals surface area contributed by atoms with Crippen molar-refractivity contribution in [3.63, 3.8) is 0 Å². The molecule has 5 heteroatoms. The van der Waals surface area contributed by atoms with Crippen LogP contribution < -0.4 is 10.1 Å². The molecule has 0 spiro atoms. The monoisotopic (exact) mass is 422 g/mol. The molecule has 0 bridgehead atoms. The van der Waals surface area contributed by atoms with Gasteiger partial charge in [0.2, 0.25) is 5.91 Å². The minimum absolute atomic E-state index is 0.0618. The number of nitrogens with one attached hydrogen (secondary N) is 1. The number of ether oxygens (including phenoxy) is 1. The fraction of sp³-hybridized carbons (Fsp3) is 0.462. The molecule has 0 fully saturated rings. The Labute approximate surface area is 185 Å². The van der Waals surface area contributed by atoms with Crippen molar-refractivity contribution in [1.29, 1.82) is 0 Å². The molecular weight excluding hydrogens is 388 g/mol. The molecule has 31 heavy (non-hydrogen) atoms. The summed E-state index contributed by atoms with van der Waals surface area (Å²) in [5.74, 6) is 0.626. The maximum Gasteiger partial charge on any atom is 0.261 e. The largest absolute Gasteiger partial charge is 0.481 e. The molecule has 2 atom stereocenters. The van der Waals surface area contributed by atoms with Crippen molar-refractivity contribution in [3.8, 4) is 5.75 Å². The first-order valence-corrected chi connectivity index (χ1v) is 11.3. The SMILES string of the molecule is CC[C@H](Oc1ccc2c(c1)[C@H](c1ccccc1)N(C(=O)C(C)C)CC2)C(=O)NC(C)C. The Morgan fingerprint density at radius 1 is 1.10 bits per heavy atom. The number of carbonyl (C=O) groups is 2. The molecule has 1 aliphatic heterocycles. The minimum Gasteiger partial charge on any atom is -0.481 e. The Bertz CT molecular complexity index is 908. The van der Waals surface area contributed by atoms with Crippen molar-refractivity contribution in [1.82, 2.24) is 10.2 Å². The summed E-state index contributed by atoms with van der Waals surface area (Å²) < 4.78 is 6.10. The van der Waals surface area contributed by atoms with Crippen LogP contribution >= 0.6 is 0 Å². The van der Waals surface area contributed by atoms with E-state index in [4.69, 9.17) is 4.74 Å². The summed E-state index contributed by atoms with van der Waals surface area (Å²) in [6.07, 6.45) is 0.839. The molecule has 0 aliphatic carbocycles. The van der Waals surface area contributed by atoms with Crippen LogP contribution in [-0.4, -0.2) is 35.4 Å². The van der Waals surface area contributed by atoms with Gasteiger partial charge < -0.3 is 15.0 Å². The number of hydrogen-bond acceptors (Lipinski definition) is 3. The van der Waals surface area contributed by atoms with Crippen LogP contribution in [0.5, 0.6) is 5.75 Å². The lowest BCUT2D eigenvalue weighted by Crippen LogP contribution is -2.43. The lowest BCUT2D eigenvalue weighted by atomic mass is 9.87. The highest BCUT2D eigenvalue weighted by molar-refractivity contribution is 5.81. The van der Waals surface area contributed by atoms with Crippen LogP contribution in [0, 0.1) is 5.92 Å². The number of hydrogen-bond donors (Lipinski definition) is 1. The summed E-state index contributed by atoms with van der Waals surface area (Å²) in [4.78, 5) is 27.5. The predicted octanol–water partition coefficient (Wildman–Crippen LogP) is 4.50. The molecule has 1 N–H and O–H groups in total. The molecule has 1 heterocycles. The lowest BCUT2D eigenvalue weighted by Gasteiger charge is -2.39. The van der Waals surface area contributed by atoms with Crippen LogP contribution in [-0.2, 0) is 16.0 Å². The zero-order valence-corrected chi connectivity index (χ0v) is 19.2. The molecule has 0 radical (unpaired) electrons. The Morgan fingerprint density at radius 2 is 1.81 bits per heavy atom. The van der Waals surface area contributed by atoms with Crippen LogP contribution in [0.15, 0.2) is 48.5 Å². The van der Waals surface area contributed by atoms with E-state index in [0.29, 0.717) is 18.7 Å². The van der Waals surface area contributed by atoms with Crippen LogP contribution in [0.1, 0.15) is 63.8 Å². The van der Waals surface area contributed by atoms with Crippen molar-refractivity contribution in [2.24, 2.45) is 5.92 Å². The number of amides is 2. The predicted molar refractivity (Wildman–Crippen MR) is 123 cm³/mol. The van der Waals surface area contributed by atoms with E-state index in [1.165, 1.54) is 5.56 Å². The van der Waals surface area contributed by atoms with Crippen molar-refractivity contribution in [2.45, 2.75) is 65.6 Å². The van der Waals surface area contributed by atoms with Gasteiger partial charge in [0.05, 0.1) is 6.04 Å². The maximum atomic E-state index is 13.0. The van der Waals surface area contributed by atoms with Gasteiger partial charge in [-0.15, -0.1) is 0 Å². The fourth-order valence-corrected chi connectivity index (χ4v) is 4.09. The van der Waals surface area contributed by atoms with Crippen molar-refractivity contribution in [3.05, 3.63) is 65.2 Å². The fourth-order valence-electron chi connectivity index (χ4n) is 4.09. The summed E-state index contributed by atoms with van der Waals surface area (Å²) in [5, 5.41) is 2.93. The summed E-state index contributed by atoms with van der Waals surface area (Å²) in [6, 6.07) is 16.1. The number of nitrogens with zero attached hydrogens (tertiary/aromatic N) is 1. The van der Waals surface area contributed by atoms with Gasteiger partial charge in [0.15, 0.2) is 6.10 Å². The highest BCUT2D eigenvalue weighted by Crippen LogP contribution is 2.38. The van der Waals surface area contributed by atoms with Gasteiger partial charge >= 0.3 is 0 Å². The Hall–Kier alpha value is -2.82. The third kappa shape index (κ3) is 5.27. The van der Waals surface area contributed by atoms with E-state index in [0.717, 1.165) is 17.5 Å². The molecule has 166 valence electrons. The van der Waals surface area contributed by atoms with E-state index in [9.17, 15) is 9.59 Å². The van der Waals surface area contributed by atoms with E-state index < -0.39 is 6.10 Å². The van der Waals surface area contributed by atoms with Gasteiger partial charge in [-0.05, 0) is 55.5 Å². The summed E-state index contributed by atoms with van der Waals surface area (Å²) >= 11 is 0. The minimum atomic E-state index is -0.549. The van der Waals surface area contributed by atoms with E-state index in [2.05, 4.69) is 23.5 Å². The molecule has 3 rings (SSSR count). The maximum absolute atomic E-state index is 13.0. The van der Waals surface area contributed by atoms with Gasteiger partial charge in [-0.2, -0.15) is 0 Å². The average molecular weight is 423 g/mol. The van der Waals surface area contributed by atoms with E-state index in [1.807, 2.05) is 69.9 Å². The topological polar surface area (TPSA) is 58.6 Å². The van der Waals surface area contributed by atoms with Crippen molar-refractivity contribution in [2.75, 3.05) is 6.54 Å². The van der Waals surface area contributed by atoms with Gasteiger partial charge in [0.1, 0.15) is 5.75 Å². The van der Waals surface area contributed by atoms with Crippen LogP contribution in [0.25, 0.3) is 0 Å². The average Bonchev–Trinajstić information content (AvgIpc) is 2.75. The van der Waals surface area contributed by atoms with Gasteiger partial charge in [-0.25, -0.2) is 0 Å². The Balaban J connectivity index is 1.97. The molecule has 0 aromatic heterocycles. The Kier molecular flexibility index (Phi) is 7.37. The highest BCUT2D eigenvalue weighted by atomic mass is 16.5. The molecule has 5 nitrogen and oxygen atoms in total. The number of carbonyl (C=O) groups excluding carboxylic acids is 2. The van der Waals surface area contributed by atoms with E-state index in [-0.39, 0.29) is 29.8 Å². The third-order valence-electron chi connectivity index (χ3n) is 5.61. The zero-order chi connectivity index (χ0) is 22.5. The quantitative estimate of drug-likeness (QED) is 0.715. The summed E-state index contributed by atoms with van der Waals surface area (Å²) in [5.41, 5.74) is 3.37. The van der Waals surface area contributed by atoms with Gasteiger partial charge in [-0.3, -0.25) is 9.59 Å². The number of benzene rings is 2. The van der Waals surface area contributed by atoms with Crippen LogP contribution in [0.3, 0.4) is 0 Å². The van der Waals surface area contributed by atoms with Gasteiger partial charge in [0.25, 0.3) is 5.91 Å². The smallest absolute Gasteiger partial charge is 0.261 e. The molecular formula is C26H34N2O3. The normalized spacial score (nSPS) is 16.7. The molecule has 0 unspecified atom stereocenters. The second-order valence-electron chi connectivity index (χ2n) is 8.79. The lowest BCUT2D eigenvalue weighted by molar-refractivity contribution is -0.136. The van der Waals surface area contributed by atoms with Crippen molar-refractivity contribution >= 4 is 11.8 Å². The molecule has 2 amide bonds. The first kappa shape index (κ1) is 22.9. The standard InChI is InChI=1S/C26H34N2O3/c1-6-23(25(29)27-18(4)5)31-21-13-12-19-14-15-28(26(30)17(2)3)24(22(19)16-21)20-10-8-7-9-11-20/h7-13,16-18,23-24H,6,14-15H2,1-5H3,(H,27,29)/t23-,24-/m0/s1. The zero-order valence-electron chi connectivity index (χ0n) is 19.2. The molecule has 1 aliphatic rings. The second kappa shape index (κ2) is 9.99. The third-order valence-corrected chi connectivity index (χ3v) is 5.61. The van der Waals surface area contributed by atoms with Gasteiger partial charge in [-0.1, -0.05) is 57.2 Å². The van der Waals surface area contributed by atoms with E-state index in [1.54, 1.807) is 0 Å². The second-order valence-corrected chi connectivity index (χ2v) is 8.79. The van der Waals surface area contributed by atoms with E-state index >= 15 is 0 Å². The first-order valence-electron chi connectivity index (χ1n) is 11.3. The van der Waals surface area contributed by atoms with Crippen LogP contribution in [0.4, 0.5) is 0 Å². The van der Waals surface area contributed by atoms with Gasteiger partial charge in [0, 0.05) is 18.5 Å². The number of fused-ring (bicyclic) bond motifs is 1. The highest BCUT2D eigenvalue weighted by Gasteiger charge is 2.33. The van der Waals surface area contributed by atoms with Crippen LogP contribution in [0.2, 0.25) is 0 Å². The molecule has 0 saturated heterocycles. The summed E-state index contributed by atoms with van der Waals surface area (Å²) in [6.45, 7) is 10.4. The molecule has 2 aromatic rings. The Morgan fingerprint density at radius 3 is 2.42 bits per heavy atom. The molecule has 0 saturated carbocycles. The summed E-state index contributed by atoms with van der Waals surface area (Å²) in [7, 11) is 0.